The van der Waals surface area contributed by atoms with E-state index in [1.807, 2.05) is 6.92 Å². The third-order valence-corrected chi connectivity index (χ3v) is 3.65. The topological polar surface area (TPSA) is 46.6 Å². The van der Waals surface area contributed by atoms with Crippen LogP contribution in [0.4, 0.5) is 5.69 Å². The second kappa shape index (κ2) is 5.39. The minimum Gasteiger partial charge on any atom is -0.469 e. The Hall–Kier alpha value is -1.26. The largest absolute Gasteiger partial charge is 0.469 e. The van der Waals surface area contributed by atoms with E-state index in [4.69, 9.17) is 23.2 Å². The SMILES string of the molecule is COC(=O)C1CC(=O)N(c2c(C)cc(Cl)cc2Cl)C1. The van der Waals surface area contributed by atoms with Crippen LogP contribution in [0.15, 0.2) is 12.1 Å². The van der Waals surface area contributed by atoms with Gasteiger partial charge in [0.25, 0.3) is 0 Å². The molecule has 1 heterocycles. The third kappa shape index (κ3) is 2.69. The fraction of sp³-hybridized carbons (Fsp3) is 0.385. The van der Waals surface area contributed by atoms with Crippen molar-refractivity contribution >= 4 is 40.8 Å². The van der Waals surface area contributed by atoms with Gasteiger partial charge in [-0.1, -0.05) is 23.2 Å². The van der Waals surface area contributed by atoms with Crippen molar-refractivity contribution in [1.82, 2.24) is 0 Å². The lowest BCUT2D eigenvalue weighted by Gasteiger charge is -2.20. The molecule has 1 aromatic carbocycles. The number of carbonyl (C=O) groups excluding carboxylic acids is 2. The summed E-state index contributed by atoms with van der Waals surface area (Å²) in [6.45, 7) is 2.11. The van der Waals surface area contributed by atoms with E-state index in [1.54, 1.807) is 12.1 Å². The molecule has 19 heavy (non-hydrogen) atoms. The molecular formula is C13H13Cl2NO3. The zero-order valence-electron chi connectivity index (χ0n) is 10.6. The summed E-state index contributed by atoms with van der Waals surface area (Å²) < 4.78 is 4.67. The van der Waals surface area contributed by atoms with Crippen LogP contribution in [0, 0.1) is 12.8 Å². The van der Waals surface area contributed by atoms with Crippen LogP contribution in [-0.4, -0.2) is 25.5 Å². The average Bonchev–Trinajstić information content (AvgIpc) is 2.69. The molecule has 0 radical (unpaired) electrons. The molecule has 2 rings (SSSR count). The molecule has 0 aromatic heterocycles. The molecule has 1 saturated heterocycles. The van der Waals surface area contributed by atoms with Crippen LogP contribution in [0.5, 0.6) is 0 Å². The summed E-state index contributed by atoms with van der Waals surface area (Å²) in [5.74, 6) is -0.954. The second-order valence-electron chi connectivity index (χ2n) is 4.48. The highest BCUT2D eigenvalue weighted by molar-refractivity contribution is 6.37. The van der Waals surface area contributed by atoms with Gasteiger partial charge in [0.1, 0.15) is 0 Å². The summed E-state index contributed by atoms with van der Waals surface area (Å²) in [5, 5.41) is 0.922. The molecule has 1 fully saturated rings. The third-order valence-electron chi connectivity index (χ3n) is 3.15. The molecule has 0 spiro atoms. The first kappa shape index (κ1) is 14.2. The Kier molecular flexibility index (Phi) is 4.02. The maximum atomic E-state index is 12.0. The Morgan fingerprint density at radius 2 is 2.11 bits per heavy atom. The number of esters is 1. The van der Waals surface area contributed by atoms with E-state index in [1.165, 1.54) is 12.0 Å². The predicted molar refractivity (Wildman–Crippen MR) is 73.7 cm³/mol. The highest BCUT2D eigenvalue weighted by Crippen LogP contribution is 2.36. The minimum atomic E-state index is -0.441. The lowest BCUT2D eigenvalue weighted by atomic mass is 10.1. The van der Waals surface area contributed by atoms with Crippen molar-refractivity contribution in [2.24, 2.45) is 5.92 Å². The standard InChI is InChI=1S/C13H13Cl2NO3/c1-7-3-9(14)5-10(15)12(7)16-6-8(4-11(16)17)13(18)19-2/h3,5,8H,4,6H2,1-2H3. The number of aryl methyl sites for hydroxylation is 1. The summed E-state index contributed by atoms with van der Waals surface area (Å²) in [6, 6.07) is 3.33. The Balaban J connectivity index is 2.33. The van der Waals surface area contributed by atoms with Gasteiger partial charge >= 0.3 is 5.97 Å². The zero-order valence-corrected chi connectivity index (χ0v) is 12.1. The number of amides is 1. The van der Waals surface area contributed by atoms with Crippen molar-refractivity contribution in [2.45, 2.75) is 13.3 Å². The normalized spacial score (nSPS) is 18.8. The minimum absolute atomic E-state index is 0.136. The van der Waals surface area contributed by atoms with Gasteiger partial charge in [0.05, 0.1) is 23.7 Å². The van der Waals surface area contributed by atoms with Crippen LogP contribution in [0.2, 0.25) is 10.0 Å². The Labute approximate surface area is 121 Å². The lowest BCUT2D eigenvalue weighted by molar-refractivity contribution is -0.145. The molecule has 0 aliphatic carbocycles. The molecule has 1 atom stereocenters. The predicted octanol–water partition coefficient (Wildman–Crippen LogP) is 2.83. The monoisotopic (exact) mass is 301 g/mol. The molecule has 0 bridgehead atoms. The average molecular weight is 302 g/mol. The van der Waals surface area contributed by atoms with Crippen LogP contribution in [0.1, 0.15) is 12.0 Å². The maximum absolute atomic E-state index is 12.0. The van der Waals surface area contributed by atoms with Gasteiger partial charge in [-0.25, -0.2) is 0 Å². The van der Waals surface area contributed by atoms with E-state index in [2.05, 4.69) is 4.74 Å². The number of rotatable bonds is 2. The molecule has 6 heteroatoms. The van der Waals surface area contributed by atoms with E-state index in [0.717, 1.165) is 5.56 Å². The van der Waals surface area contributed by atoms with Crippen LogP contribution in [0.3, 0.4) is 0 Å². The van der Waals surface area contributed by atoms with Crippen LogP contribution in [0.25, 0.3) is 0 Å². The van der Waals surface area contributed by atoms with Crippen LogP contribution < -0.4 is 4.90 Å². The number of nitrogens with zero attached hydrogens (tertiary/aromatic N) is 1. The van der Waals surface area contributed by atoms with Gasteiger partial charge in [-0.05, 0) is 24.6 Å². The number of anilines is 1. The highest BCUT2D eigenvalue weighted by atomic mass is 35.5. The van der Waals surface area contributed by atoms with Crippen molar-refractivity contribution in [3.63, 3.8) is 0 Å². The van der Waals surface area contributed by atoms with Gasteiger partial charge in [0, 0.05) is 18.0 Å². The highest BCUT2D eigenvalue weighted by Gasteiger charge is 2.37. The molecule has 0 N–H and O–H groups in total. The van der Waals surface area contributed by atoms with Crippen LogP contribution in [-0.2, 0) is 14.3 Å². The maximum Gasteiger partial charge on any atom is 0.311 e. The van der Waals surface area contributed by atoms with E-state index in [0.29, 0.717) is 15.7 Å². The molecule has 1 aromatic rings. The molecule has 1 unspecified atom stereocenters. The molecule has 0 saturated carbocycles. The van der Waals surface area contributed by atoms with Crippen LogP contribution >= 0.6 is 23.2 Å². The van der Waals surface area contributed by atoms with E-state index in [9.17, 15) is 9.59 Å². The Morgan fingerprint density at radius 3 is 2.68 bits per heavy atom. The fourth-order valence-corrected chi connectivity index (χ4v) is 2.98. The van der Waals surface area contributed by atoms with Gasteiger partial charge in [0.2, 0.25) is 5.91 Å². The molecule has 1 aliphatic heterocycles. The summed E-state index contributed by atoms with van der Waals surface area (Å²) in [7, 11) is 1.32. The van der Waals surface area contributed by atoms with Crippen molar-refractivity contribution in [3.8, 4) is 0 Å². The molecule has 1 aliphatic rings. The number of halogens is 2. The first-order valence-electron chi connectivity index (χ1n) is 5.78. The smallest absolute Gasteiger partial charge is 0.311 e. The van der Waals surface area contributed by atoms with Crippen molar-refractivity contribution in [1.29, 1.82) is 0 Å². The number of carbonyl (C=O) groups is 2. The number of hydrogen-bond acceptors (Lipinski definition) is 3. The Bertz CT molecular complexity index is 522. The quantitative estimate of drug-likeness (QED) is 0.789. The van der Waals surface area contributed by atoms with Gasteiger partial charge in [0.15, 0.2) is 0 Å². The molecule has 1 amide bonds. The summed E-state index contributed by atoms with van der Waals surface area (Å²) in [4.78, 5) is 25.1. The van der Waals surface area contributed by atoms with Gasteiger partial charge in [-0.15, -0.1) is 0 Å². The molecule has 4 nitrogen and oxygen atoms in total. The van der Waals surface area contributed by atoms with E-state index >= 15 is 0 Å². The van der Waals surface area contributed by atoms with Gasteiger partial charge in [-0.2, -0.15) is 0 Å². The fourth-order valence-electron chi connectivity index (χ4n) is 2.28. The number of benzene rings is 1. The van der Waals surface area contributed by atoms with Crippen molar-refractivity contribution in [2.75, 3.05) is 18.6 Å². The second-order valence-corrected chi connectivity index (χ2v) is 5.33. The molecular weight excluding hydrogens is 289 g/mol. The zero-order chi connectivity index (χ0) is 14.2. The van der Waals surface area contributed by atoms with Crippen molar-refractivity contribution < 1.29 is 14.3 Å². The van der Waals surface area contributed by atoms with E-state index < -0.39 is 5.92 Å². The lowest BCUT2D eigenvalue weighted by Crippen LogP contribution is -2.27. The van der Waals surface area contributed by atoms with E-state index in [-0.39, 0.29) is 24.8 Å². The Morgan fingerprint density at radius 1 is 1.42 bits per heavy atom. The number of ether oxygens (including phenoxy) is 1. The summed E-state index contributed by atoms with van der Waals surface area (Å²) in [6.07, 6.45) is 0.144. The first-order chi connectivity index (χ1) is 8.93. The van der Waals surface area contributed by atoms with Crippen molar-refractivity contribution in [3.05, 3.63) is 27.7 Å². The summed E-state index contributed by atoms with van der Waals surface area (Å²) in [5.41, 5.74) is 1.42. The first-order valence-corrected chi connectivity index (χ1v) is 6.53. The number of hydrogen-bond donors (Lipinski definition) is 0. The number of methoxy groups -OCH3 is 1. The van der Waals surface area contributed by atoms with Gasteiger partial charge in [-0.3, -0.25) is 9.59 Å². The summed E-state index contributed by atoms with van der Waals surface area (Å²) >= 11 is 12.1. The molecule has 102 valence electrons. The van der Waals surface area contributed by atoms with Gasteiger partial charge < -0.3 is 9.64 Å².